The Morgan fingerprint density at radius 2 is 2.45 bits per heavy atom. The molecule has 108 valence electrons. The topological polar surface area (TPSA) is 45.2 Å². The second-order valence-corrected chi connectivity index (χ2v) is 5.15. The van der Waals surface area contributed by atoms with Crippen molar-refractivity contribution >= 4 is 11.6 Å². The van der Waals surface area contributed by atoms with Gasteiger partial charge in [0.05, 0.1) is 0 Å². The van der Waals surface area contributed by atoms with Crippen LogP contribution >= 0.6 is 0 Å². The number of hydrogen-bond donors (Lipinski definition) is 1. The van der Waals surface area contributed by atoms with Gasteiger partial charge in [0.25, 0.3) is 5.91 Å². The molecule has 2 rings (SSSR count). The van der Waals surface area contributed by atoms with Crippen molar-refractivity contribution in [1.82, 2.24) is 10.3 Å². The molecule has 1 saturated heterocycles. The van der Waals surface area contributed by atoms with Gasteiger partial charge in [0, 0.05) is 31.0 Å². The summed E-state index contributed by atoms with van der Waals surface area (Å²) in [6, 6.07) is 4.47. The number of piperidine rings is 1. The van der Waals surface area contributed by atoms with Gasteiger partial charge in [0.2, 0.25) is 0 Å². The van der Waals surface area contributed by atoms with Crippen molar-refractivity contribution in [2.45, 2.75) is 38.6 Å². The third kappa shape index (κ3) is 3.38. The fourth-order valence-corrected chi connectivity index (χ4v) is 2.74. The molecule has 1 atom stereocenters. The van der Waals surface area contributed by atoms with Crippen LogP contribution in [0.25, 0.3) is 0 Å². The number of pyridine rings is 1. The van der Waals surface area contributed by atoms with Crippen molar-refractivity contribution in [3.63, 3.8) is 0 Å². The van der Waals surface area contributed by atoms with Crippen LogP contribution in [0.4, 0.5) is 5.69 Å². The molecule has 1 aromatic rings. The smallest absolute Gasteiger partial charge is 0.270 e. The Balaban J connectivity index is 2.15. The lowest BCUT2D eigenvalue weighted by Crippen LogP contribution is -2.39. The number of amides is 1. The average molecular weight is 273 g/mol. The highest BCUT2D eigenvalue weighted by Gasteiger charge is 2.21. The summed E-state index contributed by atoms with van der Waals surface area (Å²) in [5.74, 6) is -0.142. The Morgan fingerprint density at radius 1 is 1.60 bits per heavy atom. The van der Waals surface area contributed by atoms with E-state index >= 15 is 0 Å². The molecule has 0 aromatic carbocycles. The van der Waals surface area contributed by atoms with Crippen molar-refractivity contribution in [1.29, 1.82) is 0 Å². The summed E-state index contributed by atoms with van der Waals surface area (Å²) in [5, 5.41) is 2.77. The minimum absolute atomic E-state index is 0.142. The van der Waals surface area contributed by atoms with E-state index in [0.29, 0.717) is 18.3 Å². The molecule has 1 aromatic heterocycles. The predicted octanol–water partition coefficient (Wildman–Crippen LogP) is 2.77. The lowest BCUT2D eigenvalue weighted by molar-refractivity contribution is 0.0953. The van der Waals surface area contributed by atoms with Crippen molar-refractivity contribution in [2.75, 3.05) is 18.0 Å². The minimum atomic E-state index is -0.142. The van der Waals surface area contributed by atoms with E-state index in [1.165, 1.54) is 19.3 Å². The van der Waals surface area contributed by atoms with E-state index in [2.05, 4.69) is 28.7 Å². The predicted molar refractivity (Wildman–Crippen MR) is 82.0 cm³/mol. The third-order valence-corrected chi connectivity index (χ3v) is 3.81. The quantitative estimate of drug-likeness (QED) is 0.839. The summed E-state index contributed by atoms with van der Waals surface area (Å²) in [7, 11) is 0. The van der Waals surface area contributed by atoms with Crippen LogP contribution in [0.3, 0.4) is 0 Å². The first kappa shape index (κ1) is 14.6. The van der Waals surface area contributed by atoms with Gasteiger partial charge in [-0.05, 0) is 37.8 Å². The second-order valence-electron chi connectivity index (χ2n) is 5.15. The highest BCUT2D eigenvalue weighted by atomic mass is 16.1. The monoisotopic (exact) mass is 273 g/mol. The normalized spacial score (nSPS) is 18.6. The molecular weight excluding hydrogens is 250 g/mol. The van der Waals surface area contributed by atoms with Crippen LogP contribution < -0.4 is 10.2 Å². The molecule has 1 amide bonds. The van der Waals surface area contributed by atoms with Crippen LogP contribution in [-0.4, -0.2) is 30.0 Å². The van der Waals surface area contributed by atoms with E-state index in [9.17, 15) is 4.79 Å². The lowest BCUT2D eigenvalue weighted by atomic mass is 9.99. The van der Waals surface area contributed by atoms with Gasteiger partial charge in [-0.1, -0.05) is 13.0 Å². The Labute approximate surface area is 120 Å². The maximum absolute atomic E-state index is 11.9. The molecule has 2 heterocycles. The molecular formula is C16H23N3O. The van der Waals surface area contributed by atoms with E-state index in [-0.39, 0.29) is 5.91 Å². The molecule has 4 nitrogen and oxygen atoms in total. The zero-order valence-corrected chi connectivity index (χ0v) is 12.1. The second kappa shape index (κ2) is 7.08. The van der Waals surface area contributed by atoms with E-state index < -0.39 is 0 Å². The SMILES string of the molecule is C=CCNC(=O)c1cc(N2CCCCC2CC)ccn1. The van der Waals surface area contributed by atoms with Crippen molar-refractivity contribution in [2.24, 2.45) is 0 Å². The number of nitrogens with zero attached hydrogens (tertiary/aromatic N) is 2. The summed E-state index contributed by atoms with van der Waals surface area (Å²) in [6.45, 7) is 7.35. The van der Waals surface area contributed by atoms with Gasteiger partial charge in [0.15, 0.2) is 0 Å². The number of hydrogen-bond acceptors (Lipinski definition) is 3. The maximum atomic E-state index is 11.9. The van der Waals surface area contributed by atoms with E-state index in [0.717, 1.165) is 18.7 Å². The van der Waals surface area contributed by atoms with Crippen LogP contribution in [0.2, 0.25) is 0 Å². The Hall–Kier alpha value is -1.84. The number of rotatable bonds is 5. The third-order valence-electron chi connectivity index (χ3n) is 3.81. The molecule has 0 bridgehead atoms. The Bertz CT molecular complexity index is 473. The molecule has 0 saturated carbocycles. The molecule has 0 aliphatic carbocycles. The molecule has 1 fully saturated rings. The van der Waals surface area contributed by atoms with Crippen molar-refractivity contribution < 1.29 is 4.79 Å². The first-order valence-electron chi connectivity index (χ1n) is 7.38. The zero-order chi connectivity index (χ0) is 14.4. The zero-order valence-electron chi connectivity index (χ0n) is 12.1. The molecule has 1 N–H and O–H groups in total. The fourth-order valence-electron chi connectivity index (χ4n) is 2.74. The van der Waals surface area contributed by atoms with Crippen LogP contribution in [0.5, 0.6) is 0 Å². The van der Waals surface area contributed by atoms with E-state index in [4.69, 9.17) is 0 Å². The van der Waals surface area contributed by atoms with Crippen LogP contribution in [0.1, 0.15) is 43.1 Å². The fraction of sp³-hybridized carbons (Fsp3) is 0.500. The summed E-state index contributed by atoms with van der Waals surface area (Å²) in [5.41, 5.74) is 1.58. The highest BCUT2D eigenvalue weighted by Crippen LogP contribution is 2.26. The van der Waals surface area contributed by atoms with Crippen molar-refractivity contribution in [3.8, 4) is 0 Å². The van der Waals surface area contributed by atoms with Gasteiger partial charge in [-0.25, -0.2) is 0 Å². The Kier molecular flexibility index (Phi) is 5.16. The van der Waals surface area contributed by atoms with Crippen LogP contribution in [0.15, 0.2) is 31.0 Å². The van der Waals surface area contributed by atoms with Crippen molar-refractivity contribution in [3.05, 3.63) is 36.7 Å². The van der Waals surface area contributed by atoms with Gasteiger partial charge >= 0.3 is 0 Å². The van der Waals surface area contributed by atoms with Gasteiger partial charge < -0.3 is 10.2 Å². The average Bonchev–Trinajstić information content (AvgIpc) is 2.52. The van der Waals surface area contributed by atoms with Crippen LogP contribution in [0, 0.1) is 0 Å². The van der Waals surface area contributed by atoms with E-state index in [1.54, 1.807) is 12.3 Å². The standard InChI is InChI=1S/C16H23N3O/c1-3-9-18-16(20)15-12-14(8-10-17-15)19-11-6-5-7-13(19)4-2/h3,8,10,12-13H,1,4-7,9,11H2,2H3,(H,18,20). The molecule has 0 radical (unpaired) electrons. The number of carbonyl (C=O) groups is 1. The molecule has 1 unspecified atom stereocenters. The Morgan fingerprint density at radius 3 is 3.20 bits per heavy atom. The van der Waals surface area contributed by atoms with Gasteiger partial charge in [-0.2, -0.15) is 0 Å². The van der Waals surface area contributed by atoms with Crippen LogP contribution in [-0.2, 0) is 0 Å². The van der Waals surface area contributed by atoms with Gasteiger partial charge in [0.1, 0.15) is 5.69 Å². The number of carbonyl (C=O) groups excluding carboxylic acids is 1. The minimum Gasteiger partial charge on any atom is -0.368 e. The summed E-state index contributed by atoms with van der Waals surface area (Å²) in [4.78, 5) is 18.5. The largest absolute Gasteiger partial charge is 0.368 e. The summed E-state index contributed by atoms with van der Waals surface area (Å²) < 4.78 is 0. The molecule has 4 heteroatoms. The summed E-state index contributed by atoms with van der Waals surface area (Å²) in [6.07, 6.45) is 8.28. The molecule has 0 spiro atoms. The lowest BCUT2D eigenvalue weighted by Gasteiger charge is -2.37. The number of nitrogens with one attached hydrogen (secondary N) is 1. The van der Waals surface area contributed by atoms with Gasteiger partial charge in [-0.15, -0.1) is 6.58 Å². The first-order chi connectivity index (χ1) is 9.76. The maximum Gasteiger partial charge on any atom is 0.270 e. The molecule has 1 aliphatic rings. The highest BCUT2D eigenvalue weighted by molar-refractivity contribution is 5.93. The van der Waals surface area contributed by atoms with Gasteiger partial charge in [-0.3, -0.25) is 9.78 Å². The molecule has 20 heavy (non-hydrogen) atoms. The first-order valence-corrected chi connectivity index (χ1v) is 7.38. The number of anilines is 1. The number of aromatic nitrogens is 1. The molecule has 1 aliphatic heterocycles. The summed E-state index contributed by atoms with van der Waals surface area (Å²) >= 11 is 0. The van der Waals surface area contributed by atoms with E-state index in [1.807, 2.05) is 12.1 Å².